The van der Waals surface area contributed by atoms with Gasteiger partial charge in [0.1, 0.15) is 5.82 Å². The molecule has 5 heteroatoms. The highest BCUT2D eigenvalue weighted by atomic mass is 16.5. The van der Waals surface area contributed by atoms with E-state index >= 15 is 0 Å². The molecule has 0 saturated heterocycles. The van der Waals surface area contributed by atoms with E-state index in [2.05, 4.69) is 4.98 Å². The molecule has 1 aromatic rings. The number of methoxy groups -OCH3 is 1. The number of hydrogen-bond acceptors (Lipinski definition) is 4. The van der Waals surface area contributed by atoms with Gasteiger partial charge in [0.25, 0.3) is 5.91 Å². The van der Waals surface area contributed by atoms with Crippen LogP contribution in [0.5, 0.6) is 0 Å². The van der Waals surface area contributed by atoms with Gasteiger partial charge >= 0.3 is 0 Å². The van der Waals surface area contributed by atoms with Crippen LogP contribution in [-0.4, -0.2) is 42.1 Å². The van der Waals surface area contributed by atoms with Gasteiger partial charge in [0.05, 0.1) is 6.61 Å². The number of aromatic nitrogens is 1. The monoisotopic (exact) mass is 251 g/mol. The molecule has 5 nitrogen and oxygen atoms in total. The second-order valence-corrected chi connectivity index (χ2v) is 4.51. The van der Waals surface area contributed by atoms with E-state index in [9.17, 15) is 4.79 Å². The molecule has 0 unspecified atom stereocenters. The first-order chi connectivity index (χ1) is 8.45. The first-order valence-corrected chi connectivity index (χ1v) is 5.99. The van der Waals surface area contributed by atoms with Crippen molar-refractivity contribution >= 4 is 11.7 Å². The summed E-state index contributed by atoms with van der Waals surface area (Å²) in [6.07, 6.45) is 0. The minimum atomic E-state index is -0.0424. The van der Waals surface area contributed by atoms with Crippen LogP contribution in [-0.2, 0) is 4.74 Å². The third kappa shape index (κ3) is 3.70. The van der Waals surface area contributed by atoms with Gasteiger partial charge in [-0.3, -0.25) is 4.79 Å². The zero-order valence-electron chi connectivity index (χ0n) is 11.4. The van der Waals surface area contributed by atoms with Gasteiger partial charge in [-0.25, -0.2) is 4.98 Å². The maximum absolute atomic E-state index is 12.4. The highest BCUT2D eigenvalue weighted by molar-refractivity contribution is 5.95. The molecule has 2 N–H and O–H groups in total. The molecule has 0 aliphatic carbocycles. The van der Waals surface area contributed by atoms with Crippen molar-refractivity contribution in [2.24, 2.45) is 0 Å². The molecule has 1 amide bonds. The fourth-order valence-electron chi connectivity index (χ4n) is 1.77. The smallest absolute Gasteiger partial charge is 0.254 e. The molecule has 1 rings (SSSR count). The number of anilines is 1. The Labute approximate surface area is 108 Å². The van der Waals surface area contributed by atoms with Crippen molar-refractivity contribution in [3.8, 4) is 0 Å². The molecule has 0 atom stereocenters. The number of carbonyl (C=O) groups excluding carboxylic acids is 1. The van der Waals surface area contributed by atoms with Crippen LogP contribution in [0.15, 0.2) is 12.1 Å². The van der Waals surface area contributed by atoms with Crippen molar-refractivity contribution in [2.45, 2.75) is 26.8 Å². The molecule has 18 heavy (non-hydrogen) atoms. The predicted octanol–water partition coefficient (Wildman–Crippen LogP) is 1.47. The molecule has 0 bridgehead atoms. The molecule has 100 valence electrons. The molecule has 0 aromatic carbocycles. The highest BCUT2D eigenvalue weighted by Gasteiger charge is 2.19. The Morgan fingerprint density at radius 1 is 1.50 bits per heavy atom. The number of pyridine rings is 1. The van der Waals surface area contributed by atoms with E-state index in [0.29, 0.717) is 24.5 Å². The number of carbonyl (C=O) groups is 1. The number of ether oxygens (including phenoxy) is 1. The average Bonchev–Trinajstić information content (AvgIpc) is 2.27. The third-order valence-corrected chi connectivity index (χ3v) is 2.64. The molecule has 1 heterocycles. The first kappa shape index (κ1) is 14.4. The van der Waals surface area contributed by atoms with Crippen LogP contribution in [0, 0.1) is 6.92 Å². The summed E-state index contributed by atoms with van der Waals surface area (Å²) in [5.74, 6) is 0.327. The number of rotatable bonds is 5. The Kier molecular flexibility index (Phi) is 5.09. The second-order valence-electron chi connectivity index (χ2n) is 4.51. The number of nitrogens with zero attached hydrogens (tertiary/aromatic N) is 2. The van der Waals surface area contributed by atoms with E-state index in [0.717, 1.165) is 5.69 Å². The Morgan fingerprint density at radius 3 is 2.67 bits per heavy atom. The van der Waals surface area contributed by atoms with Gasteiger partial charge < -0.3 is 15.4 Å². The van der Waals surface area contributed by atoms with Crippen LogP contribution in [0.3, 0.4) is 0 Å². The number of nitrogen functional groups attached to an aromatic ring is 1. The van der Waals surface area contributed by atoms with E-state index in [1.807, 2.05) is 20.8 Å². The molecule has 0 radical (unpaired) electrons. The normalized spacial score (nSPS) is 10.7. The van der Waals surface area contributed by atoms with Gasteiger partial charge in [0, 0.05) is 31.0 Å². The zero-order chi connectivity index (χ0) is 13.7. The van der Waals surface area contributed by atoms with Crippen molar-refractivity contribution in [3.05, 3.63) is 23.4 Å². The minimum absolute atomic E-state index is 0.0424. The lowest BCUT2D eigenvalue weighted by Crippen LogP contribution is -2.39. The fraction of sp³-hybridized carbons (Fsp3) is 0.538. The number of aryl methyl sites for hydroxylation is 1. The molecule has 0 aliphatic rings. The van der Waals surface area contributed by atoms with Gasteiger partial charge in [-0.05, 0) is 32.9 Å². The van der Waals surface area contributed by atoms with Crippen LogP contribution in [0.2, 0.25) is 0 Å². The molecular formula is C13H21N3O2. The van der Waals surface area contributed by atoms with Crippen molar-refractivity contribution in [3.63, 3.8) is 0 Å². The maximum atomic E-state index is 12.4. The van der Waals surface area contributed by atoms with E-state index in [1.54, 1.807) is 24.1 Å². The number of nitrogens with two attached hydrogens (primary N) is 1. The number of hydrogen-bond donors (Lipinski definition) is 1. The minimum Gasteiger partial charge on any atom is -0.384 e. The summed E-state index contributed by atoms with van der Waals surface area (Å²) >= 11 is 0. The Bertz CT molecular complexity index is 398. The summed E-state index contributed by atoms with van der Waals surface area (Å²) < 4.78 is 5.03. The molecule has 0 aliphatic heterocycles. The van der Waals surface area contributed by atoms with Crippen LogP contribution >= 0.6 is 0 Å². The topological polar surface area (TPSA) is 68.5 Å². The molecule has 0 saturated carbocycles. The summed E-state index contributed by atoms with van der Waals surface area (Å²) in [6, 6.07) is 3.47. The lowest BCUT2D eigenvalue weighted by Gasteiger charge is -2.26. The third-order valence-electron chi connectivity index (χ3n) is 2.64. The fourth-order valence-corrected chi connectivity index (χ4v) is 1.77. The number of amides is 1. The van der Waals surface area contributed by atoms with Crippen LogP contribution in [0.4, 0.5) is 5.82 Å². The largest absolute Gasteiger partial charge is 0.384 e. The van der Waals surface area contributed by atoms with E-state index in [-0.39, 0.29) is 11.9 Å². The van der Waals surface area contributed by atoms with E-state index in [1.165, 1.54) is 0 Å². The van der Waals surface area contributed by atoms with Crippen molar-refractivity contribution < 1.29 is 9.53 Å². The van der Waals surface area contributed by atoms with Crippen molar-refractivity contribution in [2.75, 3.05) is 26.0 Å². The van der Waals surface area contributed by atoms with Crippen LogP contribution in [0.1, 0.15) is 29.9 Å². The zero-order valence-corrected chi connectivity index (χ0v) is 11.4. The first-order valence-electron chi connectivity index (χ1n) is 5.99. The van der Waals surface area contributed by atoms with Crippen LogP contribution < -0.4 is 5.73 Å². The summed E-state index contributed by atoms with van der Waals surface area (Å²) in [4.78, 5) is 18.2. The standard InChI is InChI=1S/C13H21N3O2/c1-9(2)16(5-6-18-4)13(17)11-7-10(3)15-12(14)8-11/h7-9H,5-6H2,1-4H3,(H2,14,15). The summed E-state index contributed by atoms with van der Waals surface area (Å²) in [5.41, 5.74) is 6.99. The Morgan fingerprint density at radius 2 is 2.17 bits per heavy atom. The lowest BCUT2D eigenvalue weighted by atomic mass is 10.1. The van der Waals surface area contributed by atoms with Gasteiger partial charge in [-0.15, -0.1) is 0 Å². The van der Waals surface area contributed by atoms with Gasteiger partial charge in [-0.2, -0.15) is 0 Å². The maximum Gasteiger partial charge on any atom is 0.254 e. The van der Waals surface area contributed by atoms with Crippen LogP contribution in [0.25, 0.3) is 0 Å². The second kappa shape index (κ2) is 6.35. The van der Waals surface area contributed by atoms with E-state index in [4.69, 9.17) is 10.5 Å². The lowest BCUT2D eigenvalue weighted by molar-refractivity contribution is 0.0635. The van der Waals surface area contributed by atoms with Crippen molar-refractivity contribution in [1.82, 2.24) is 9.88 Å². The Hall–Kier alpha value is -1.62. The summed E-state index contributed by atoms with van der Waals surface area (Å²) in [6.45, 7) is 6.86. The quantitative estimate of drug-likeness (QED) is 0.860. The predicted molar refractivity (Wildman–Crippen MR) is 71.4 cm³/mol. The van der Waals surface area contributed by atoms with Crippen molar-refractivity contribution in [1.29, 1.82) is 0 Å². The molecule has 0 spiro atoms. The molecule has 1 aromatic heterocycles. The Balaban J connectivity index is 2.94. The highest BCUT2D eigenvalue weighted by Crippen LogP contribution is 2.12. The van der Waals surface area contributed by atoms with Gasteiger partial charge in [0.15, 0.2) is 0 Å². The van der Waals surface area contributed by atoms with Gasteiger partial charge in [-0.1, -0.05) is 0 Å². The summed E-state index contributed by atoms with van der Waals surface area (Å²) in [5, 5.41) is 0. The van der Waals surface area contributed by atoms with E-state index < -0.39 is 0 Å². The average molecular weight is 251 g/mol. The molecule has 0 fully saturated rings. The summed E-state index contributed by atoms with van der Waals surface area (Å²) in [7, 11) is 1.62. The SMILES string of the molecule is COCCN(C(=O)c1cc(C)nc(N)c1)C(C)C. The van der Waals surface area contributed by atoms with Gasteiger partial charge in [0.2, 0.25) is 0 Å². The molecular weight excluding hydrogens is 230 g/mol.